The Morgan fingerprint density at radius 2 is 2.00 bits per heavy atom. The number of methoxy groups -OCH3 is 1. The smallest absolute Gasteiger partial charge is 0.253 e. The predicted octanol–water partition coefficient (Wildman–Crippen LogP) is 4.35. The van der Waals surface area contributed by atoms with Crippen LogP contribution in [0.1, 0.15) is 16.0 Å². The number of nitrogens with zero attached hydrogens (tertiary/aromatic N) is 2. The number of carbonyl (C=O) groups is 1. The van der Waals surface area contributed by atoms with E-state index in [1.807, 2.05) is 6.07 Å². The van der Waals surface area contributed by atoms with E-state index in [1.54, 1.807) is 13.2 Å². The highest BCUT2D eigenvalue weighted by molar-refractivity contribution is 7.16. The fourth-order valence-corrected chi connectivity index (χ4v) is 4.78. The Kier molecular flexibility index (Phi) is 5.74. The molecule has 2 aromatic heterocycles. The van der Waals surface area contributed by atoms with Crippen LogP contribution in [0.4, 0.5) is 0 Å². The highest BCUT2D eigenvalue weighted by atomic mass is 35.5. The lowest BCUT2D eigenvalue weighted by Crippen LogP contribution is -2.19. The normalized spacial score (nSPS) is 12.2. The molecule has 0 spiro atoms. The summed E-state index contributed by atoms with van der Waals surface area (Å²) in [5, 5.41) is 0. The maximum atomic E-state index is 12.4. The number of benzene rings is 1. The molecule has 0 N–H and O–H groups in total. The minimum atomic E-state index is -0.162. The van der Waals surface area contributed by atoms with Crippen molar-refractivity contribution in [2.24, 2.45) is 4.99 Å². The first-order valence-corrected chi connectivity index (χ1v) is 9.90. The molecule has 0 atom stereocenters. The molecule has 3 aromatic rings. The zero-order valence-corrected chi connectivity index (χ0v) is 16.7. The van der Waals surface area contributed by atoms with Gasteiger partial charge in [-0.2, -0.15) is 4.99 Å². The Morgan fingerprint density at radius 3 is 2.68 bits per heavy atom. The van der Waals surface area contributed by atoms with E-state index in [0.29, 0.717) is 22.3 Å². The third kappa shape index (κ3) is 4.20. The van der Waals surface area contributed by atoms with Crippen LogP contribution in [0.15, 0.2) is 29.3 Å². The van der Waals surface area contributed by atoms with E-state index in [-0.39, 0.29) is 12.3 Å². The fourth-order valence-electron chi connectivity index (χ4n) is 2.55. The molecular weight excluding hydrogens is 376 g/mol. The standard InChI is InChI=1S/C18H19ClN2O2S2/c1-11-8-14-15(9-12(11)2)25-18(21(14)6-7-23-3)20-17(22)10-13-4-5-16(19)24-13/h4-5,8-9H,6-7,10H2,1-3H3. The van der Waals surface area contributed by atoms with Gasteiger partial charge in [0.1, 0.15) is 0 Å². The van der Waals surface area contributed by atoms with Gasteiger partial charge in [-0.3, -0.25) is 4.79 Å². The average molecular weight is 395 g/mol. The van der Waals surface area contributed by atoms with Crippen molar-refractivity contribution in [3.63, 3.8) is 0 Å². The summed E-state index contributed by atoms with van der Waals surface area (Å²) in [6.07, 6.45) is 0.272. The van der Waals surface area contributed by atoms with Gasteiger partial charge in [0.15, 0.2) is 4.80 Å². The summed E-state index contributed by atoms with van der Waals surface area (Å²) in [6, 6.07) is 7.98. The molecule has 1 amide bonds. The minimum absolute atomic E-state index is 0.162. The van der Waals surface area contributed by atoms with Gasteiger partial charge >= 0.3 is 0 Å². The molecule has 132 valence electrons. The Balaban J connectivity index is 2.02. The fraction of sp³-hybridized carbons (Fsp3) is 0.333. The van der Waals surface area contributed by atoms with Crippen molar-refractivity contribution in [1.82, 2.24) is 4.57 Å². The van der Waals surface area contributed by atoms with Crippen LogP contribution >= 0.6 is 34.3 Å². The van der Waals surface area contributed by atoms with Gasteiger partial charge in [0.2, 0.25) is 0 Å². The first-order valence-electron chi connectivity index (χ1n) is 7.89. The lowest BCUT2D eigenvalue weighted by atomic mass is 10.1. The van der Waals surface area contributed by atoms with Gasteiger partial charge in [-0.1, -0.05) is 22.9 Å². The minimum Gasteiger partial charge on any atom is -0.383 e. The highest BCUT2D eigenvalue weighted by Gasteiger charge is 2.11. The van der Waals surface area contributed by atoms with Crippen molar-refractivity contribution in [2.45, 2.75) is 26.8 Å². The lowest BCUT2D eigenvalue weighted by Gasteiger charge is -2.06. The number of amides is 1. The third-order valence-corrected chi connectivity index (χ3v) is 6.26. The van der Waals surface area contributed by atoms with E-state index in [2.05, 4.69) is 35.5 Å². The maximum absolute atomic E-state index is 12.4. The number of aryl methyl sites for hydroxylation is 2. The van der Waals surface area contributed by atoms with Crippen molar-refractivity contribution in [3.05, 3.63) is 49.4 Å². The number of thiazole rings is 1. The molecule has 0 bridgehead atoms. The van der Waals surface area contributed by atoms with Crippen LogP contribution in [0, 0.1) is 13.8 Å². The van der Waals surface area contributed by atoms with Gasteiger partial charge < -0.3 is 9.30 Å². The summed E-state index contributed by atoms with van der Waals surface area (Å²) < 4.78 is 9.10. The Hall–Kier alpha value is -1.47. The number of fused-ring (bicyclic) bond motifs is 1. The van der Waals surface area contributed by atoms with Crippen LogP contribution in [0.25, 0.3) is 10.2 Å². The molecule has 0 fully saturated rings. The Labute approximate surface area is 159 Å². The second-order valence-corrected chi connectivity index (χ2v) is 8.63. The molecule has 25 heavy (non-hydrogen) atoms. The number of halogens is 1. The Morgan fingerprint density at radius 1 is 1.24 bits per heavy atom. The molecule has 4 nitrogen and oxygen atoms in total. The zero-order valence-electron chi connectivity index (χ0n) is 14.3. The van der Waals surface area contributed by atoms with Crippen LogP contribution in [0.3, 0.4) is 0 Å². The van der Waals surface area contributed by atoms with Gasteiger partial charge in [0.05, 0.1) is 27.6 Å². The molecule has 0 aliphatic heterocycles. The maximum Gasteiger partial charge on any atom is 0.253 e. The third-order valence-electron chi connectivity index (χ3n) is 3.99. The van der Waals surface area contributed by atoms with Crippen molar-refractivity contribution >= 4 is 50.4 Å². The van der Waals surface area contributed by atoms with Crippen molar-refractivity contribution < 1.29 is 9.53 Å². The monoisotopic (exact) mass is 394 g/mol. The number of rotatable bonds is 5. The highest BCUT2D eigenvalue weighted by Crippen LogP contribution is 2.23. The summed E-state index contributed by atoms with van der Waals surface area (Å²) in [5.41, 5.74) is 3.55. The van der Waals surface area contributed by atoms with Gasteiger partial charge in [-0.15, -0.1) is 11.3 Å². The molecule has 0 aliphatic carbocycles. The number of ether oxygens (including phenoxy) is 1. The van der Waals surface area contributed by atoms with E-state index in [4.69, 9.17) is 16.3 Å². The van der Waals surface area contributed by atoms with Crippen LogP contribution < -0.4 is 4.80 Å². The van der Waals surface area contributed by atoms with E-state index >= 15 is 0 Å². The van der Waals surface area contributed by atoms with Crippen LogP contribution in [0.2, 0.25) is 4.34 Å². The molecule has 0 saturated heterocycles. The van der Waals surface area contributed by atoms with E-state index in [0.717, 1.165) is 15.1 Å². The predicted molar refractivity (Wildman–Crippen MR) is 105 cm³/mol. The first kappa shape index (κ1) is 18.3. The van der Waals surface area contributed by atoms with Crippen LogP contribution in [-0.4, -0.2) is 24.2 Å². The van der Waals surface area contributed by atoms with Gasteiger partial charge in [-0.05, 0) is 49.2 Å². The second-order valence-electron chi connectivity index (χ2n) is 5.82. The van der Waals surface area contributed by atoms with Gasteiger partial charge in [0.25, 0.3) is 5.91 Å². The number of hydrogen-bond acceptors (Lipinski definition) is 4. The summed E-state index contributed by atoms with van der Waals surface area (Å²) in [6.45, 7) is 5.42. The van der Waals surface area contributed by atoms with Crippen molar-refractivity contribution in [1.29, 1.82) is 0 Å². The second kappa shape index (κ2) is 7.83. The number of carbonyl (C=O) groups excluding carboxylic acids is 1. The molecule has 1 aromatic carbocycles. The summed E-state index contributed by atoms with van der Waals surface area (Å²) in [5.74, 6) is -0.162. The van der Waals surface area contributed by atoms with E-state index in [1.165, 1.54) is 33.8 Å². The van der Waals surface area contributed by atoms with Gasteiger partial charge in [0, 0.05) is 18.5 Å². The molecule has 2 heterocycles. The van der Waals surface area contributed by atoms with Gasteiger partial charge in [-0.25, -0.2) is 0 Å². The quantitative estimate of drug-likeness (QED) is 0.645. The van der Waals surface area contributed by atoms with Crippen molar-refractivity contribution in [2.75, 3.05) is 13.7 Å². The molecular formula is C18H19ClN2O2S2. The molecule has 0 radical (unpaired) electrons. The summed E-state index contributed by atoms with van der Waals surface area (Å²) in [7, 11) is 1.67. The summed E-state index contributed by atoms with van der Waals surface area (Å²) >= 11 is 8.88. The summed E-state index contributed by atoms with van der Waals surface area (Å²) in [4.78, 5) is 18.4. The van der Waals surface area contributed by atoms with Crippen LogP contribution in [-0.2, 0) is 22.5 Å². The van der Waals surface area contributed by atoms with E-state index < -0.39 is 0 Å². The molecule has 3 rings (SSSR count). The molecule has 7 heteroatoms. The number of hydrogen-bond donors (Lipinski definition) is 0. The molecule has 0 aliphatic rings. The SMILES string of the molecule is COCCn1c(=NC(=O)Cc2ccc(Cl)s2)sc2cc(C)c(C)cc21. The topological polar surface area (TPSA) is 43.6 Å². The van der Waals surface area contributed by atoms with Crippen LogP contribution in [0.5, 0.6) is 0 Å². The Bertz CT molecular complexity index is 985. The largest absolute Gasteiger partial charge is 0.383 e. The van der Waals surface area contributed by atoms with Crippen molar-refractivity contribution in [3.8, 4) is 0 Å². The average Bonchev–Trinajstić information content (AvgIpc) is 3.09. The molecule has 0 saturated carbocycles. The first-order chi connectivity index (χ1) is 12.0. The zero-order chi connectivity index (χ0) is 18.0. The lowest BCUT2D eigenvalue weighted by molar-refractivity contribution is -0.117. The number of aromatic nitrogens is 1. The molecule has 0 unspecified atom stereocenters. The van der Waals surface area contributed by atoms with E-state index in [9.17, 15) is 4.79 Å². The number of thiophene rings is 1.